The number of benzene rings is 2. The number of nitrogens with zero attached hydrogens (tertiary/aromatic N) is 2. The molecular formula is C24H27N3O2. The van der Waals surface area contributed by atoms with Gasteiger partial charge in [-0.25, -0.2) is 4.74 Å². The fourth-order valence-corrected chi connectivity index (χ4v) is 4.34. The van der Waals surface area contributed by atoms with Crippen molar-refractivity contribution in [1.29, 1.82) is 0 Å². The van der Waals surface area contributed by atoms with Gasteiger partial charge in [0.15, 0.2) is 0 Å². The van der Waals surface area contributed by atoms with Crippen molar-refractivity contribution in [1.82, 2.24) is 9.31 Å². The molecule has 1 saturated carbocycles. The monoisotopic (exact) mass is 389 g/mol. The van der Waals surface area contributed by atoms with Crippen LogP contribution in [0.15, 0.2) is 53.3 Å². The molecular weight excluding hydrogens is 362 g/mol. The summed E-state index contributed by atoms with van der Waals surface area (Å²) in [6, 6.07) is 15.7. The number of nitrogens with one attached hydrogen (secondary N) is 1. The molecule has 0 spiro atoms. The maximum Gasteiger partial charge on any atom is 0.146 e. The van der Waals surface area contributed by atoms with Crippen molar-refractivity contribution in [2.45, 2.75) is 32.2 Å². The van der Waals surface area contributed by atoms with Crippen molar-refractivity contribution < 1.29 is 9.26 Å². The number of hydrogen-bond donors (Lipinski definition) is 1. The minimum absolute atomic E-state index is 0.522. The van der Waals surface area contributed by atoms with Crippen molar-refractivity contribution in [3.63, 3.8) is 0 Å². The molecule has 5 heteroatoms. The second-order valence-electron chi connectivity index (χ2n) is 7.72. The third kappa shape index (κ3) is 2.84. The lowest BCUT2D eigenvalue weighted by atomic mass is 9.92. The summed E-state index contributed by atoms with van der Waals surface area (Å²) in [7, 11) is 3.91. The van der Waals surface area contributed by atoms with Crippen LogP contribution in [0.25, 0.3) is 33.4 Å². The van der Waals surface area contributed by atoms with E-state index in [0.29, 0.717) is 12.6 Å². The molecule has 0 bridgehead atoms. The van der Waals surface area contributed by atoms with E-state index < -0.39 is 0 Å². The van der Waals surface area contributed by atoms with Gasteiger partial charge in [-0.3, -0.25) is 0 Å². The van der Waals surface area contributed by atoms with Crippen LogP contribution in [0.4, 0.5) is 5.69 Å². The molecule has 29 heavy (non-hydrogen) atoms. The first-order valence-corrected chi connectivity index (χ1v) is 10.4. The van der Waals surface area contributed by atoms with E-state index in [1.165, 1.54) is 47.0 Å². The highest BCUT2D eigenvalue weighted by molar-refractivity contribution is 6.04. The van der Waals surface area contributed by atoms with E-state index in [1.54, 1.807) is 0 Å². The summed E-state index contributed by atoms with van der Waals surface area (Å²) in [5.74, 6) is 0.925. The van der Waals surface area contributed by atoms with Gasteiger partial charge in [0.2, 0.25) is 0 Å². The van der Waals surface area contributed by atoms with Gasteiger partial charge >= 0.3 is 0 Å². The zero-order valence-electron chi connectivity index (χ0n) is 17.2. The van der Waals surface area contributed by atoms with E-state index >= 15 is 0 Å². The molecule has 0 amide bonds. The van der Waals surface area contributed by atoms with Crippen molar-refractivity contribution in [3.05, 3.63) is 48.7 Å². The maximum atomic E-state index is 5.84. The van der Waals surface area contributed by atoms with Gasteiger partial charge in [-0.1, -0.05) is 12.1 Å². The van der Waals surface area contributed by atoms with E-state index in [4.69, 9.17) is 9.26 Å². The Morgan fingerprint density at radius 3 is 2.48 bits per heavy atom. The standard InChI is InChI=1S/C24H27N3O2/c1-4-28-19-12-13-20-21(14-19)27(18-6-5-7-18)24(23(20)22-15-29-26(22)3)16-8-10-17(25-2)11-9-16/h8-15,18,25H,4-7H2,1-3H3. The van der Waals surface area contributed by atoms with E-state index in [-0.39, 0.29) is 0 Å². The number of hydrogen-bond acceptors (Lipinski definition) is 3. The molecule has 5 nitrogen and oxygen atoms in total. The van der Waals surface area contributed by atoms with Gasteiger partial charge in [0, 0.05) is 42.8 Å². The van der Waals surface area contributed by atoms with Gasteiger partial charge in [0.25, 0.3) is 0 Å². The first-order chi connectivity index (χ1) is 14.2. The first-order valence-electron chi connectivity index (χ1n) is 10.4. The van der Waals surface area contributed by atoms with Crippen molar-refractivity contribution >= 4 is 16.6 Å². The summed E-state index contributed by atoms with van der Waals surface area (Å²) in [6.45, 7) is 2.70. The molecule has 1 fully saturated rings. The van der Waals surface area contributed by atoms with E-state index in [0.717, 1.165) is 17.1 Å². The summed E-state index contributed by atoms with van der Waals surface area (Å²) in [5, 5.41) is 4.46. The SMILES string of the molecule is CCOc1ccc2c(-c3con3C)c(-c3ccc(NC)cc3)n(C3CCC3)c2c1. The number of rotatable bonds is 6. The van der Waals surface area contributed by atoms with Gasteiger partial charge < -0.3 is 19.1 Å². The Morgan fingerprint density at radius 2 is 1.93 bits per heavy atom. The van der Waals surface area contributed by atoms with Crippen LogP contribution >= 0.6 is 0 Å². The molecule has 150 valence electrons. The average molecular weight is 389 g/mol. The Kier molecular flexibility index (Phi) is 4.38. The van der Waals surface area contributed by atoms with E-state index in [1.807, 2.05) is 32.0 Å². The van der Waals surface area contributed by atoms with Crippen LogP contribution in [0, 0.1) is 0 Å². The molecule has 2 aromatic heterocycles. The summed E-state index contributed by atoms with van der Waals surface area (Å²) >= 11 is 0. The quantitative estimate of drug-likeness (QED) is 0.435. The van der Waals surface area contributed by atoms with Crippen molar-refractivity contribution in [3.8, 4) is 28.3 Å². The van der Waals surface area contributed by atoms with Gasteiger partial charge in [-0.15, -0.1) is 0 Å². The number of ether oxygens (including phenoxy) is 1. The molecule has 0 atom stereocenters. The summed E-state index contributed by atoms with van der Waals surface area (Å²) < 4.78 is 15.7. The highest BCUT2D eigenvalue weighted by atomic mass is 16.5. The van der Waals surface area contributed by atoms with Crippen molar-refractivity contribution in [2.75, 3.05) is 19.0 Å². The Balaban J connectivity index is 1.82. The molecule has 1 N–H and O–H groups in total. The number of anilines is 1. The Labute approximate surface area is 170 Å². The van der Waals surface area contributed by atoms with Crippen LogP contribution in [0.3, 0.4) is 0 Å². The van der Waals surface area contributed by atoms with E-state index in [2.05, 4.69) is 52.3 Å². The second kappa shape index (κ2) is 7.07. The smallest absolute Gasteiger partial charge is 0.146 e. The van der Waals surface area contributed by atoms with Crippen LogP contribution < -0.4 is 10.1 Å². The molecule has 4 aromatic rings. The van der Waals surface area contributed by atoms with E-state index in [9.17, 15) is 0 Å². The lowest BCUT2D eigenvalue weighted by molar-refractivity contribution is 0.253. The predicted molar refractivity (Wildman–Crippen MR) is 118 cm³/mol. The highest BCUT2D eigenvalue weighted by Crippen LogP contribution is 2.47. The lowest BCUT2D eigenvalue weighted by Crippen LogP contribution is -2.18. The van der Waals surface area contributed by atoms with Gasteiger partial charge in [-0.05, 0) is 56.0 Å². The van der Waals surface area contributed by atoms with Crippen molar-refractivity contribution in [2.24, 2.45) is 7.05 Å². The topological polar surface area (TPSA) is 44.3 Å². The normalized spacial score (nSPS) is 14.3. The fraction of sp³-hybridized carbons (Fsp3) is 0.333. The summed E-state index contributed by atoms with van der Waals surface area (Å²) in [5.41, 5.74) is 7.20. The number of fused-ring (bicyclic) bond motifs is 1. The second-order valence-corrected chi connectivity index (χ2v) is 7.72. The molecule has 0 radical (unpaired) electrons. The van der Waals surface area contributed by atoms with Gasteiger partial charge in [0.05, 0.1) is 17.8 Å². The molecule has 1 aliphatic carbocycles. The Hall–Kier alpha value is -3.08. The summed E-state index contributed by atoms with van der Waals surface area (Å²) in [6.07, 6.45) is 5.57. The lowest BCUT2D eigenvalue weighted by Gasteiger charge is -2.30. The molecule has 0 aliphatic heterocycles. The number of aromatic nitrogens is 2. The highest BCUT2D eigenvalue weighted by Gasteiger charge is 2.30. The third-order valence-electron chi connectivity index (χ3n) is 6.09. The Bertz CT molecular complexity index is 1140. The van der Waals surface area contributed by atoms with Gasteiger partial charge in [0.1, 0.15) is 17.7 Å². The van der Waals surface area contributed by atoms with Crippen LogP contribution in [0.2, 0.25) is 0 Å². The molecule has 2 aromatic carbocycles. The molecule has 1 aliphatic rings. The zero-order chi connectivity index (χ0) is 20.0. The van der Waals surface area contributed by atoms with Crippen LogP contribution in [-0.4, -0.2) is 23.0 Å². The molecule has 0 saturated heterocycles. The molecule has 0 unspecified atom stereocenters. The van der Waals surface area contributed by atoms with Gasteiger partial charge in [-0.2, -0.15) is 0 Å². The predicted octanol–water partition coefficient (Wildman–Crippen LogP) is 6.07. The zero-order valence-corrected chi connectivity index (χ0v) is 17.2. The minimum Gasteiger partial charge on any atom is -0.494 e. The average Bonchev–Trinajstić information content (AvgIpc) is 3.00. The fourth-order valence-electron chi connectivity index (χ4n) is 4.34. The van der Waals surface area contributed by atoms with Crippen LogP contribution in [0.1, 0.15) is 32.2 Å². The Morgan fingerprint density at radius 1 is 1.14 bits per heavy atom. The molecule has 5 rings (SSSR count). The maximum absolute atomic E-state index is 5.84. The minimum atomic E-state index is 0.522. The molecule has 2 heterocycles. The first kappa shape index (κ1) is 18.0. The summed E-state index contributed by atoms with van der Waals surface area (Å²) in [4.78, 5) is 0. The number of aryl methyl sites for hydroxylation is 1. The third-order valence-corrected chi connectivity index (χ3v) is 6.09. The van der Waals surface area contributed by atoms with Crippen LogP contribution in [-0.2, 0) is 7.05 Å². The van der Waals surface area contributed by atoms with Crippen LogP contribution in [0.5, 0.6) is 5.75 Å². The largest absolute Gasteiger partial charge is 0.494 e.